The van der Waals surface area contributed by atoms with E-state index in [1.807, 2.05) is 12.1 Å². The van der Waals surface area contributed by atoms with Crippen molar-refractivity contribution in [3.63, 3.8) is 0 Å². The van der Waals surface area contributed by atoms with Gasteiger partial charge in [-0.3, -0.25) is 24.4 Å². The molecule has 2 aromatic heterocycles. The summed E-state index contributed by atoms with van der Waals surface area (Å²) in [5, 5.41) is 2.51. The third-order valence-electron chi connectivity index (χ3n) is 4.62. The first-order valence-corrected chi connectivity index (χ1v) is 8.72. The smallest absolute Gasteiger partial charge is 0.313 e. The van der Waals surface area contributed by atoms with E-state index in [1.165, 1.54) is 18.5 Å². The minimum Gasteiger partial charge on any atom is -0.366 e. The van der Waals surface area contributed by atoms with Gasteiger partial charge in [-0.15, -0.1) is 0 Å². The molecule has 2 aromatic rings. The van der Waals surface area contributed by atoms with Gasteiger partial charge in [-0.05, 0) is 36.5 Å². The summed E-state index contributed by atoms with van der Waals surface area (Å²) in [5.74, 6) is -1.76. The Balaban J connectivity index is 1.78. The maximum Gasteiger partial charge on any atom is 0.313 e. The van der Waals surface area contributed by atoms with Gasteiger partial charge in [-0.1, -0.05) is 13.0 Å². The minimum atomic E-state index is -0.776. The van der Waals surface area contributed by atoms with Crippen molar-refractivity contribution in [3.05, 3.63) is 54.1 Å². The fraction of sp³-hybridized carbons (Fsp3) is 0.316. The maximum absolute atomic E-state index is 12.8. The summed E-state index contributed by atoms with van der Waals surface area (Å²) < 4.78 is 0. The first-order valence-electron chi connectivity index (χ1n) is 8.72. The summed E-state index contributed by atoms with van der Waals surface area (Å²) in [6.07, 6.45) is 7.78. The Kier molecular flexibility index (Phi) is 5.44. The van der Waals surface area contributed by atoms with Crippen LogP contribution < -0.4 is 11.1 Å². The van der Waals surface area contributed by atoms with Gasteiger partial charge in [0.05, 0.1) is 23.5 Å². The zero-order valence-corrected chi connectivity index (χ0v) is 15.0. The van der Waals surface area contributed by atoms with E-state index in [0.717, 1.165) is 18.4 Å². The second-order valence-corrected chi connectivity index (χ2v) is 6.72. The molecule has 27 heavy (non-hydrogen) atoms. The van der Waals surface area contributed by atoms with Crippen LogP contribution >= 0.6 is 0 Å². The first-order chi connectivity index (χ1) is 13.0. The number of carbonyl (C=O) groups excluding carboxylic acids is 3. The minimum absolute atomic E-state index is 0.153. The molecule has 0 aromatic carbocycles. The van der Waals surface area contributed by atoms with Gasteiger partial charge >= 0.3 is 11.8 Å². The van der Waals surface area contributed by atoms with E-state index in [4.69, 9.17) is 5.73 Å². The normalized spacial score (nSPS) is 19.4. The Labute approximate surface area is 156 Å². The Hall–Kier alpha value is -3.29. The molecule has 0 spiro atoms. The monoisotopic (exact) mass is 367 g/mol. The number of nitrogens with two attached hydrogens (primary N) is 1. The van der Waals surface area contributed by atoms with Gasteiger partial charge in [0.25, 0.3) is 0 Å². The van der Waals surface area contributed by atoms with Crippen LogP contribution in [0.15, 0.2) is 43.0 Å². The van der Waals surface area contributed by atoms with Crippen LogP contribution in [-0.2, 0) is 9.59 Å². The number of rotatable bonds is 3. The quantitative estimate of drug-likeness (QED) is 0.797. The molecular weight excluding hydrogens is 346 g/mol. The van der Waals surface area contributed by atoms with Crippen LogP contribution in [0.1, 0.15) is 41.7 Å². The summed E-state index contributed by atoms with van der Waals surface area (Å²) in [7, 11) is 0. The number of anilines is 1. The number of hydrogen-bond donors (Lipinski definition) is 2. The molecule has 0 bridgehead atoms. The molecule has 8 heteroatoms. The van der Waals surface area contributed by atoms with E-state index >= 15 is 0 Å². The van der Waals surface area contributed by atoms with Crippen LogP contribution in [0.25, 0.3) is 0 Å². The number of hydrogen-bond acceptors (Lipinski definition) is 5. The fourth-order valence-electron chi connectivity index (χ4n) is 3.25. The van der Waals surface area contributed by atoms with Crippen LogP contribution in [0.2, 0.25) is 0 Å². The second-order valence-electron chi connectivity index (χ2n) is 6.72. The van der Waals surface area contributed by atoms with Crippen molar-refractivity contribution in [2.75, 3.05) is 11.9 Å². The van der Waals surface area contributed by atoms with E-state index < -0.39 is 17.7 Å². The predicted molar refractivity (Wildman–Crippen MR) is 98.5 cm³/mol. The molecule has 3 N–H and O–H groups in total. The van der Waals surface area contributed by atoms with E-state index in [2.05, 4.69) is 22.2 Å². The largest absolute Gasteiger partial charge is 0.366 e. The van der Waals surface area contributed by atoms with Gasteiger partial charge in [0.15, 0.2) is 0 Å². The molecule has 3 heterocycles. The summed E-state index contributed by atoms with van der Waals surface area (Å²) in [6, 6.07) is 4.92. The Morgan fingerprint density at radius 1 is 1.19 bits per heavy atom. The van der Waals surface area contributed by atoms with Crippen LogP contribution in [0.3, 0.4) is 0 Å². The van der Waals surface area contributed by atoms with E-state index in [9.17, 15) is 14.4 Å². The maximum atomic E-state index is 12.8. The highest BCUT2D eigenvalue weighted by Crippen LogP contribution is 2.33. The Morgan fingerprint density at radius 2 is 2.00 bits per heavy atom. The van der Waals surface area contributed by atoms with Crippen LogP contribution in [0.5, 0.6) is 0 Å². The molecule has 1 fully saturated rings. The Bertz CT molecular complexity index is 855. The van der Waals surface area contributed by atoms with Crippen molar-refractivity contribution >= 4 is 23.4 Å². The second kappa shape index (κ2) is 7.94. The third kappa shape index (κ3) is 4.28. The summed E-state index contributed by atoms with van der Waals surface area (Å²) in [6.45, 7) is 2.54. The van der Waals surface area contributed by atoms with Crippen molar-refractivity contribution in [2.24, 2.45) is 11.7 Å². The van der Waals surface area contributed by atoms with Crippen molar-refractivity contribution in [2.45, 2.75) is 25.8 Å². The summed E-state index contributed by atoms with van der Waals surface area (Å²) in [5.41, 5.74) is 6.52. The van der Waals surface area contributed by atoms with Crippen molar-refractivity contribution in [1.82, 2.24) is 14.9 Å². The fourth-order valence-corrected chi connectivity index (χ4v) is 3.25. The Morgan fingerprint density at radius 3 is 2.70 bits per heavy atom. The average molecular weight is 367 g/mol. The molecule has 0 aliphatic carbocycles. The summed E-state index contributed by atoms with van der Waals surface area (Å²) in [4.78, 5) is 46.2. The van der Waals surface area contributed by atoms with Gasteiger partial charge in [0.2, 0.25) is 5.91 Å². The molecule has 3 rings (SSSR count). The number of nitrogens with one attached hydrogen (secondary N) is 1. The van der Waals surface area contributed by atoms with Gasteiger partial charge < -0.3 is 16.0 Å². The average Bonchev–Trinajstić information content (AvgIpc) is 2.68. The lowest BCUT2D eigenvalue weighted by molar-refractivity contribution is -0.146. The zero-order chi connectivity index (χ0) is 19.4. The number of pyridine rings is 2. The number of likely N-dealkylation sites (tertiary alicyclic amines) is 1. The van der Waals surface area contributed by atoms with Crippen LogP contribution in [0, 0.1) is 5.92 Å². The molecule has 1 aliphatic heterocycles. The van der Waals surface area contributed by atoms with Gasteiger partial charge in [-0.2, -0.15) is 0 Å². The molecule has 0 saturated carbocycles. The lowest BCUT2D eigenvalue weighted by Gasteiger charge is -2.38. The molecule has 3 amide bonds. The topological polar surface area (TPSA) is 118 Å². The molecule has 8 nitrogen and oxygen atoms in total. The van der Waals surface area contributed by atoms with Gasteiger partial charge in [0.1, 0.15) is 0 Å². The van der Waals surface area contributed by atoms with E-state index in [1.54, 1.807) is 17.3 Å². The molecular formula is C19H21N5O3. The molecule has 0 radical (unpaired) electrons. The zero-order valence-electron chi connectivity index (χ0n) is 15.0. The number of piperidine rings is 1. The number of amides is 3. The standard InChI is InChI=1S/C19H21N5O3/c1-12-4-5-16(13-3-2-6-21-8-13)24(11-12)19(27)18(26)23-15-7-14(17(20)25)9-22-10-15/h2-3,6-10,12,16H,4-5,11H2,1H3,(H2,20,25)(H,23,26)/t12-,16-/m1/s1. The molecule has 1 saturated heterocycles. The van der Waals surface area contributed by atoms with E-state index in [0.29, 0.717) is 12.5 Å². The predicted octanol–water partition coefficient (Wildman–Crippen LogP) is 1.51. The highest BCUT2D eigenvalue weighted by atomic mass is 16.2. The third-order valence-corrected chi connectivity index (χ3v) is 4.62. The number of nitrogens with zero attached hydrogens (tertiary/aromatic N) is 3. The SMILES string of the molecule is C[C@@H]1CC[C@H](c2cccnc2)N(C(=O)C(=O)Nc2cncc(C(N)=O)c2)C1. The highest BCUT2D eigenvalue weighted by Gasteiger charge is 2.34. The molecule has 2 atom stereocenters. The van der Waals surface area contributed by atoms with Crippen molar-refractivity contribution in [1.29, 1.82) is 0 Å². The molecule has 1 aliphatic rings. The number of aromatic nitrogens is 2. The van der Waals surface area contributed by atoms with Crippen LogP contribution in [-0.4, -0.2) is 39.1 Å². The first kappa shape index (κ1) is 18.5. The summed E-state index contributed by atoms with van der Waals surface area (Å²) >= 11 is 0. The number of primary amides is 1. The highest BCUT2D eigenvalue weighted by molar-refractivity contribution is 6.39. The van der Waals surface area contributed by atoms with E-state index in [-0.39, 0.29) is 17.3 Å². The van der Waals surface area contributed by atoms with Crippen LogP contribution in [0.4, 0.5) is 5.69 Å². The lowest BCUT2D eigenvalue weighted by atomic mass is 9.90. The number of carbonyl (C=O) groups is 3. The van der Waals surface area contributed by atoms with Gasteiger partial charge in [0, 0.05) is 25.1 Å². The lowest BCUT2D eigenvalue weighted by Crippen LogP contribution is -2.46. The van der Waals surface area contributed by atoms with Gasteiger partial charge in [-0.25, -0.2) is 0 Å². The molecule has 140 valence electrons. The molecule has 0 unspecified atom stereocenters. The van der Waals surface area contributed by atoms with Crippen molar-refractivity contribution < 1.29 is 14.4 Å². The van der Waals surface area contributed by atoms with Crippen molar-refractivity contribution in [3.8, 4) is 0 Å².